The van der Waals surface area contributed by atoms with E-state index < -0.39 is 0 Å². The van der Waals surface area contributed by atoms with Gasteiger partial charge < -0.3 is 15.5 Å². The molecule has 1 rings (SSSR count). The summed E-state index contributed by atoms with van der Waals surface area (Å²) in [5.74, 6) is 1.33. The maximum atomic E-state index is 12.1. The molecule has 2 N–H and O–H groups in total. The molecule has 0 radical (unpaired) electrons. The van der Waals surface area contributed by atoms with Gasteiger partial charge in [-0.25, -0.2) is 0 Å². The monoisotopic (exact) mass is 355 g/mol. The molecular formula is C16H35Cl2N3O. The minimum Gasteiger partial charge on any atom is -0.356 e. The lowest BCUT2D eigenvalue weighted by Crippen LogP contribution is -2.41. The highest BCUT2D eigenvalue weighted by Gasteiger charge is 2.24. The first-order chi connectivity index (χ1) is 9.30. The van der Waals surface area contributed by atoms with Crippen LogP contribution in [-0.4, -0.2) is 51.1 Å². The number of hydrogen-bond acceptors (Lipinski definition) is 3. The van der Waals surface area contributed by atoms with Crippen molar-refractivity contribution in [1.29, 1.82) is 0 Å². The molecule has 0 saturated carbocycles. The van der Waals surface area contributed by atoms with Gasteiger partial charge in [0.15, 0.2) is 0 Å². The molecule has 1 saturated heterocycles. The van der Waals surface area contributed by atoms with Crippen LogP contribution in [-0.2, 0) is 4.79 Å². The lowest BCUT2D eigenvalue weighted by Gasteiger charge is -2.30. The van der Waals surface area contributed by atoms with Crippen molar-refractivity contribution in [3.8, 4) is 0 Å². The summed E-state index contributed by atoms with van der Waals surface area (Å²) >= 11 is 0. The third-order valence-electron chi connectivity index (χ3n) is 4.16. The largest absolute Gasteiger partial charge is 0.356 e. The van der Waals surface area contributed by atoms with Gasteiger partial charge in [0.05, 0.1) is 0 Å². The molecule has 0 bridgehead atoms. The van der Waals surface area contributed by atoms with Gasteiger partial charge in [-0.1, -0.05) is 20.8 Å². The maximum absolute atomic E-state index is 12.1. The average Bonchev–Trinajstić information content (AvgIpc) is 2.36. The zero-order valence-corrected chi connectivity index (χ0v) is 16.4. The summed E-state index contributed by atoms with van der Waals surface area (Å²) in [7, 11) is 4.14. The van der Waals surface area contributed by atoms with Crippen molar-refractivity contribution in [2.75, 3.05) is 40.3 Å². The van der Waals surface area contributed by atoms with Crippen LogP contribution in [0.4, 0.5) is 0 Å². The molecule has 1 fully saturated rings. The van der Waals surface area contributed by atoms with Gasteiger partial charge in [-0.05, 0) is 57.3 Å². The Kier molecular flexibility index (Phi) is 12.7. The van der Waals surface area contributed by atoms with Gasteiger partial charge in [0, 0.05) is 19.5 Å². The molecule has 2 unspecified atom stereocenters. The van der Waals surface area contributed by atoms with Gasteiger partial charge in [-0.15, -0.1) is 24.8 Å². The number of carbonyl (C=O) groups excluding carboxylic acids is 1. The topological polar surface area (TPSA) is 44.4 Å². The molecule has 0 aromatic carbocycles. The van der Waals surface area contributed by atoms with Crippen molar-refractivity contribution in [3.63, 3.8) is 0 Å². The smallest absolute Gasteiger partial charge is 0.220 e. The van der Waals surface area contributed by atoms with E-state index in [1.54, 1.807) is 0 Å². The van der Waals surface area contributed by atoms with E-state index in [1.165, 1.54) is 12.8 Å². The molecule has 1 aliphatic heterocycles. The summed E-state index contributed by atoms with van der Waals surface area (Å²) in [4.78, 5) is 14.3. The Morgan fingerprint density at radius 3 is 2.50 bits per heavy atom. The van der Waals surface area contributed by atoms with Crippen molar-refractivity contribution in [2.24, 2.45) is 17.3 Å². The number of carbonyl (C=O) groups is 1. The van der Waals surface area contributed by atoms with Crippen molar-refractivity contribution in [3.05, 3.63) is 0 Å². The second kappa shape index (κ2) is 11.5. The number of nitrogens with zero attached hydrogens (tertiary/aromatic N) is 1. The molecule has 1 amide bonds. The molecule has 0 aliphatic carbocycles. The first kappa shape index (κ1) is 24.2. The fourth-order valence-corrected chi connectivity index (χ4v) is 3.15. The quantitative estimate of drug-likeness (QED) is 0.737. The van der Waals surface area contributed by atoms with Crippen LogP contribution in [0.1, 0.15) is 40.0 Å². The van der Waals surface area contributed by atoms with Gasteiger partial charge >= 0.3 is 0 Å². The van der Waals surface area contributed by atoms with Crippen LogP contribution in [0.3, 0.4) is 0 Å². The molecule has 6 heteroatoms. The summed E-state index contributed by atoms with van der Waals surface area (Å²) in [5, 5.41) is 6.54. The Labute approximate surface area is 149 Å². The zero-order valence-electron chi connectivity index (χ0n) is 14.8. The fraction of sp³-hybridized carbons (Fsp3) is 0.938. The summed E-state index contributed by atoms with van der Waals surface area (Å²) in [6, 6.07) is 0. The Bertz CT molecular complexity index is 306. The van der Waals surface area contributed by atoms with E-state index >= 15 is 0 Å². The molecule has 2 atom stereocenters. The van der Waals surface area contributed by atoms with E-state index in [-0.39, 0.29) is 36.1 Å². The van der Waals surface area contributed by atoms with E-state index in [4.69, 9.17) is 0 Å². The first-order valence-electron chi connectivity index (χ1n) is 7.92. The highest BCUT2D eigenvalue weighted by molar-refractivity contribution is 5.85. The Morgan fingerprint density at radius 2 is 2.00 bits per heavy atom. The highest BCUT2D eigenvalue weighted by Crippen LogP contribution is 2.22. The van der Waals surface area contributed by atoms with Crippen LogP contribution >= 0.6 is 24.8 Å². The maximum Gasteiger partial charge on any atom is 0.220 e. The highest BCUT2D eigenvalue weighted by atomic mass is 35.5. The Hall–Kier alpha value is -0.0300. The Balaban J connectivity index is 0. The molecule has 0 aromatic heterocycles. The van der Waals surface area contributed by atoms with Crippen molar-refractivity contribution in [2.45, 2.75) is 40.0 Å². The van der Waals surface area contributed by atoms with Crippen LogP contribution in [0.15, 0.2) is 0 Å². The molecule has 0 aromatic rings. The van der Waals surface area contributed by atoms with E-state index in [2.05, 4.69) is 50.4 Å². The minimum atomic E-state index is 0. The fourth-order valence-electron chi connectivity index (χ4n) is 3.15. The minimum absolute atomic E-state index is 0. The van der Waals surface area contributed by atoms with Crippen LogP contribution in [0, 0.1) is 17.3 Å². The first-order valence-corrected chi connectivity index (χ1v) is 7.92. The molecule has 1 heterocycles. The third-order valence-corrected chi connectivity index (χ3v) is 4.16. The van der Waals surface area contributed by atoms with Crippen LogP contribution in [0.25, 0.3) is 0 Å². The van der Waals surface area contributed by atoms with Crippen molar-refractivity contribution >= 4 is 30.7 Å². The second-order valence-corrected chi connectivity index (χ2v) is 7.47. The van der Waals surface area contributed by atoms with Gasteiger partial charge in [0.1, 0.15) is 0 Å². The summed E-state index contributed by atoms with van der Waals surface area (Å²) in [5.41, 5.74) is 0.120. The number of halogens is 2. The van der Waals surface area contributed by atoms with Gasteiger partial charge in [0.2, 0.25) is 5.91 Å². The predicted octanol–water partition coefficient (Wildman–Crippen LogP) is 2.56. The predicted molar refractivity (Wildman–Crippen MR) is 99.2 cm³/mol. The second-order valence-electron chi connectivity index (χ2n) is 7.47. The van der Waals surface area contributed by atoms with E-state index in [9.17, 15) is 4.79 Å². The number of amides is 1. The lowest BCUT2D eigenvalue weighted by molar-refractivity contribution is -0.122. The third kappa shape index (κ3) is 9.88. The molecular weight excluding hydrogens is 321 g/mol. The summed E-state index contributed by atoms with van der Waals surface area (Å²) < 4.78 is 0. The standard InChI is InChI=1S/C16H33N3O.2ClH/c1-13(14-7-6-8-17-10-14)9-15(20)18-11-16(2,3)12-19(4)5;;/h13-14,17H,6-12H2,1-5H3,(H,18,20);2*1H. The molecule has 0 spiro atoms. The lowest BCUT2D eigenvalue weighted by atomic mass is 9.85. The van der Waals surface area contributed by atoms with Crippen LogP contribution in [0.2, 0.25) is 0 Å². The summed E-state index contributed by atoms with van der Waals surface area (Å²) in [6.07, 6.45) is 3.16. The van der Waals surface area contributed by atoms with E-state index in [0.29, 0.717) is 18.3 Å². The SMILES string of the molecule is CC(CC(=O)NCC(C)(C)CN(C)C)C1CCCNC1.Cl.Cl. The van der Waals surface area contributed by atoms with Gasteiger partial charge in [-0.3, -0.25) is 4.79 Å². The average molecular weight is 356 g/mol. The normalized spacial score (nSPS) is 19.8. The molecule has 22 heavy (non-hydrogen) atoms. The van der Waals surface area contributed by atoms with Crippen molar-refractivity contribution in [1.82, 2.24) is 15.5 Å². The van der Waals surface area contributed by atoms with Gasteiger partial charge in [0.25, 0.3) is 0 Å². The van der Waals surface area contributed by atoms with Gasteiger partial charge in [-0.2, -0.15) is 0 Å². The van der Waals surface area contributed by atoms with Crippen molar-refractivity contribution < 1.29 is 4.79 Å². The number of piperidine rings is 1. The van der Waals surface area contributed by atoms with Crippen LogP contribution in [0.5, 0.6) is 0 Å². The molecule has 4 nitrogen and oxygen atoms in total. The van der Waals surface area contributed by atoms with Crippen LogP contribution < -0.4 is 10.6 Å². The number of rotatable bonds is 7. The molecule has 1 aliphatic rings. The summed E-state index contributed by atoms with van der Waals surface area (Å²) in [6.45, 7) is 10.5. The zero-order chi connectivity index (χ0) is 15.2. The van der Waals surface area contributed by atoms with E-state index in [1.807, 2.05) is 0 Å². The van der Waals surface area contributed by atoms with E-state index in [0.717, 1.165) is 26.2 Å². The number of nitrogens with one attached hydrogen (secondary N) is 2. The Morgan fingerprint density at radius 1 is 1.36 bits per heavy atom. The number of hydrogen-bond donors (Lipinski definition) is 2. The molecule has 134 valence electrons.